The van der Waals surface area contributed by atoms with Crippen LogP contribution in [0.1, 0.15) is 73.1 Å². The molecule has 0 aromatic rings. The maximum Gasteiger partial charge on any atom is 0.159 e. The van der Waals surface area contributed by atoms with Crippen LogP contribution in [0.3, 0.4) is 0 Å². The van der Waals surface area contributed by atoms with E-state index in [2.05, 4.69) is 40.7 Å². The van der Waals surface area contributed by atoms with Crippen molar-refractivity contribution in [2.45, 2.75) is 73.1 Å². The summed E-state index contributed by atoms with van der Waals surface area (Å²) in [5.41, 5.74) is 3.53. The minimum atomic E-state index is 0.0258. The highest BCUT2D eigenvalue weighted by atomic mass is 16.1. The summed E-state index contributed by atoms with van der Waals surface area (Å²) in [6, 6.07) is 0. The van der Waals surface area contributed by atoms with E-state index in [4.69, 9.17) is 0 Å². The second-order valence-corrected chi connectivity index (χ2v) is 7.92. The van der Waals surface area contributed by atoms with E-state index in [-0.39, 0.29) is 11.3 Å². The zero-order valence-corrected chi connectivity index (χ0v) is 14.8. The van der Waals surface area contributed by atoms with Crippen molar-refractivity contribution in [1.82, 2.24) is 0 Å². The van der Waals surface area contributed by atoms with Crippen LogP contribution in [0.25, 0.3) is 0 Å². The van der Waals surface area contributed by atoms with Crippen molar-refractivity contribution in [3.05, 3.63) is 22.8 Å². The highest BCUT2D eigenvalue weighted by Gasteiger charge is 2.46. The third-order valence-electron chi connectivity index (χ3n) is 5.71. The van der Waals surface area contributed by atoms with Gasteiger partial charge < -0.3 is 0 Å². The summed E-state index contributed by atoms with van der Waals surface area (Å²) in [7, 11) is 0. The number of fused-ring (bicyclic) bond motifs is 1. The van der Waals surface area contributed by atoms with Gasteiger partial charge in [0, 0.05) is 18.8 Å². The Hall–Kier alpha value is -1.18. The molecule has 1 saturated carbocycles. The largest absolute Gasteiger partial charge is 0.299 e. The maximum atomic E-state index is 12.5. The van der Waals surface area contributed by atoms with E-state index in [1.807, 2.05) is 0 Å². The molecule has 1 fully saturated rings. The van der Waals surface area contributed by atoms with E-state index in [1.165, 1.54) is 5.57 Å². The van der Waals surface area contributed by atoms with Gasteiger partial charge in [0.25, 0.3) is 0 Å². The van der Waals surface area contributed by atoms with Gasteiger partial charge >= 0.3 is 0 Å². The standard InChI is InChI=1S/C20H30O2/c1-13(2)19-16-8-7-15(4)17(21)9-6-14(3)10-11-20(16,5)12-18(19)22/h10,15-16H,6-9,11-12H2,1-5H3/b14-10+/t15-,16-,20-/m0/s1. The van der Waals surface area contributed by atoms with Gasteiger partial charge in [-0.2, -0.15) is 0 Å². The van der Waals surface area contributed by atoms with Crippen LogP contribution in [-0.2, 0) is 9.59 Å². The van der Waals surface area contributed by atoms with Crippen molar-refractivity contribution >= 4 is 11.6 Å². The number of hydrogen-bond donors (Lipinski definition) is 0. The molecule has 2 aliphatic rings. The van der Waals surface area contributed by atoms with Crippen molar-refractivity contribution < 1.29 is 9.59 Å². The quantitative estimate of drug-likeness (QED) is 0.464. The molecule has 0 amide bonds. The summed E-state index contributed by atoms with van der Waals surface area (Å²) in [6.45, 7) is 10.5. The van der Waals surface area contributed by atoms with Crippen LogP contribution >= 0.6 is 0 Å². The van der Waals surface area contributed by atoms with Crippen molar-refractivity contribution in [2.75, 3.05) is 0 Å². The highest BCUT2D eigenvalue weighted by Crippen LogP contribution is 2.51. The Morgan fingerprint density at radius 1 is 1.18 bits per heavy atom. The number of Topliss-reactive ketones (excluding diaryl/α,β-unsaturated/α-hetero) is 2. The Balaban J connectivity index is 2.39. The number of ketones is 2. The van der Waals surface area contributed by atoms with E-state index < -0.39 is 0 Å². The first-order valence-corrected chi connectivity index (χ1v) is 8.63. The van der Waals surface area contributed by atoms with Crippen molar-refractivity contribution in [1.29, 1.82) is 0 Å². The van der Waals surface area contributed by atoms with E-state index in [0.29, 0.717) is 30.3 Å². The van der Waals surface area contributed by atoms with Gasteiger partial charge in [0.15, 0.2) is 5.78 Å². The third kappa shape index (κ3) is 3.42. The summed E-state index contributed by atoms with van der Waals surface area (Å²) in [5, 5.41) is 0. The van der Waals surface area contributed by atoms with E-state index in [1.54, 1.807) is 0 Å². The minimum Gasteiger partial charge on any atom is -0.299 e. The van der Waals surface area contributed by atoms with E-state index in [0.717, 1.165) is 36.8 Å². The molecule has 2 heteroatoms. The molecule has 2 aliphatic carbocycles. The predicted molar refractivity (Wildman–Crippen MR) is 90.6 cm³/mol. The molecule has 0 heterocycles. The smallest absolute Gasteiger partial charge is 0.159 e. The number of carbonyl (C=O) groups is 2. The molecule has 0 aliphatic heterocycles. The molecule has 22 heavy (non-hydrogen) atoms. The van der Waals surface area contributed by atoms with Gasteiger partial charge in [-0.05, 0) is 63.4 Å². The van der Waals surface area contributed by atoms with Crippen LogP contribution in [0.5, 0.6) is 0 Å². The fraction of sp³-hybridized carbons (Fsp3) is 0.700. The Kier molecular flexibility index (Phi) is 5.09. The van der Waals surface area contributed by atoms with Gasteiger partial charge in [-0.15, -0.1) is 0 Å². The van der Waals surface area contributed by atoms with Crippen LogP contribution in [0.4, 0.5) is 0 Å². The normalized spacial score (nSPS) is 36.4. The minimum absolute atomic E-state index is 0.0258. The molecule has 2 rings (SSSR count). The summed E-state index contributed by atoms with van der Waals surface area (Å²) >= 11 is 0. The van der Waals surface area contributed by atoms with E-state index in [9.17, 15) is 9.59 Å². The SMILES string of the molecule is CC(C)=C1C(=O)C[C@]2(C)C/C=C(\C)CCC(=O)[C@@H](C)CC[C@@H]12. The average molecular weight is 302 g/mol. The molecule has 0 aromatic heterocycles. The summed E-state index contributed by atoms with van der Waals surface area (Å²) < 4.78 is 0. The fourth-order valence-corrected chi connectivity index (χ4v) is 4.12. The third-order valence-corrected chi connectivity index (χ3v) is 5.71. The highest BCUT2D eigenvalue weighted by molar-refractivity contribution is 5.99. The lowest BCUT2D eigenvalue weighted by atomic mass is 9.72. The first-order valence-electron chi connectivity index (χ1n) is 8.63. The molecule has 0 N–H and O–H groups in total. The lowest BCUT2D eigenvalue weighted by molar-refractivity contribution is -0.122. The van der Waals surface area contributed by atoms with Crippen LogP contribution in [0.15, 0.2) is 22.8 Å². The van der Waals surface area contributed by atoms with Crippen LogP contribution in [0, 0.1) is 17.3 Å². The maximum absolute atomic E-state index is 12.5. The molecular weight excluding hydrogens is 272 g/mol. The zero-order chi connectivity index (χ0) is 16.5. The first-order chi connectivity index (χ1) is 10.2. The number of rotatable bonds is 0. The Bertz CT molecular complexity index is 534. The number of hydrogen-bond acceptors (Lipinski definition) is 2. The summed E-state index contributed by atoms with van der Waals surface area (Å²) in [6.07, 6.45) is 7.29. The lowest BCUT2D eigenvalue weighted by Crippen LogP contribution is -2.23. The second-order valence-electron chi connectivity index (χ2n) is 7.92. The van der Waals surface area contributed by atoms with Gasteiger partial charge in [-0.1, -0.05) is 31.1 Å². The molecule has 0 saturated heterocycles. The second kappa shape index (κ2) is 6.52. The molecule has 0 aromatic carbocycles. The lowest BCUT2D eigenvalue weighted by Gasteiger charge is -2.31. The zero-order valence-electron chi connectivity index (χ0n) is 14.8. The van der Waals surface area contributed by atoms with Crippen molar-refractivity contribution in [2.24, 2.45) is 17.3 Å². The van der Waals surface area contributed by atoms with Gasteiger partial charge in [0.05, 0.1) is 0 Å². The molecule has 0 spiro atoms. The van der Waals surface area contributed by atoms with Gasteiger partial charge in [0.1, 0.15) is 5.78 Å². The van der Waals surface area contributed by atoms with Crippen molar-refractivity contribution in [3.8, 4) is 0 Å². The van der Waals surface area contributed by atoms with Crippen LogP contribution in [-0.4, -0.2) is 11.6 Å². The monoisotopic (exact) mass is 302 g/mol. The van der Waals surface area contributed by atoms with Gasteiger partial charge in [0.2, 0.25) is 0 Å². The van der Waals surface area contributed by atoms with Gasteiger partial charge in [-0.25, -0.2) is 0 Å². The summed E-state index contributed by atoms with van der Waals surface area (Å²) in [5.74, 6) is 1.13. The molecule has 3 atom stereocenters. The van der Waals surface area contributed by atoms with E-state index >= 15 is 0 Å². The first kappa shape index (κ1) is 17.2. The Labute approximate surface area is 135 Å². The fourth-order valence-electron chi connectivity index (χ4n) is 4.12. The molecule has 0 bridgehead atoms. The molecule has 122 valence electrons. The molecule has 0 unspecified atom stereocenters. The Morgan fingerprint density at radius 3 is 2.50 bits per heavy atom. The molecule has 2 nitrogen and oxygen atoms in total. The van der Waals surface area contributed by atoms with Crippen molar-refractivity contribution in [3.63, 3.8) is 0 Å². The summed E-state index contributed by atoms with van der Waals surface area (Å²) in [4.78, 5) is 24.8. The number of allylic oxidation sites excluding steroid dienone is 4. The molecule has 0 radical (unpaired) electrons. The average Bonchev–Trinajstić information content (AvgIpc) is 2.69. The molecular formula is C20H30O2. The predicted octanol–water partition coefficient (Wildman–Crippen LogP) is 5.03. The van der Waals surface area contributed by atoms with Crippen LogP contribution < -0.4 is 0 Å². The topological polar surface area (TPSA) is 34.1 Å². The van der Waals surface area contributed by atoms with Crippen LogP contribution in [0.2, 0.25) is 0 Å². The number of carbonyl (C=O) groups excluding carboxylic acids is 2. The Morgan fingerprint density at radius 2 is 1.86 bits per heavy atom. The van der Waals surface area contributed by atoms with Gasteiger partial charge in [-0.3, -0.25) is 9.59 Å².